The summed E-state index contributed by atoms with van der Waals surface area (Å²) in [7, 11) is -2.21. The zero-order valence-electron chi connectivity index (χ0n) is 21.7. The van der Waals surface area contributed by atoms with E-state index in [1.54, 1.807) is 7.11 Å². The zero-order chi connectivity index (χ0) is 27.1. The molecule has 38 heavy (non-hydrogen) atoms. The first-order valence-corrected chi connectivity index (χ1v) is 14.2. The van der Waals surface area contributed by atoms with Crippen LogP contribution in [0, 0.1) is 11.8 Å². The van der Waals surface area contributed by atoms with Crippen molar-refractivity contribution in [3.8, 4) is 17.6 Å². The van der Waals surface area contributed by atoms with Crippen molar-refractivity contribution in [3.05, 3.63) is 71.8 Å². The maximum Gasteiger partial charge on any atom is 0.321 e. The van der Waals surface area contributed by atoms with E-state index >= 15 is 0 Å². The number of nitrogens with one attached hydrogen (secondary N) is 1. The van der Waals surface area contributed by atoms with Gasteiger partial charge in [-0.15, -0.1) is 0 Å². The third-order valence-electron chi connectivity index (χ3n) is 6.65. The minimum absolute atomic E-state index is 0.274. The third kappa shape index (κ3) is 6.84. The summed E-state index contributed by atoms with van der Waals surface area (Å²) in [6.07, 6.45) is 1.72. The molecule has 0 saturated carbocycles. The minimum Gasteiger partial charge on any atom is -0.497 e. The highest BCUT2D eigenvalue weighted by Gasteiger charge is 2.31. The summed E-state index contributed by atoms with van der Waals surface area (Å²) < 4.78 is 34.5. The Kier molecular flexibility index (Phi) is 8.89. The molecule has 8 nitrogen and oxygen atoms in total. The van der Waals surface area contributed by atoms with Crippen LogP contribution in [-0.2, 0) is 15.0 Å². The number of carbonyl (C=O) groups is 1. The summed E-state index contributed by atoms with van der Waals surface area (Å²) >= 11 is 0. The second-order valence-corrected chi connectivity index (χ2v) is 11.0. The molecule has 1 heterocycles. The van der Waals surface area contributed by atoms with Crippen LogP contribution in [0.25, 0.3) is 10.8 Å². The molecule has 0 spiro atoms. The van der Waals surface area contributed by atoms with Gasteiger partial charge in [-0.2, -0.15) is 17.4 Å². The zero-order valence-corrected chi connectivity index (χ0v) is 22.5. The quantitative estimate of drug-likeness (QED) is 0.404. The van der Waals surface area contributed by atoms with Crippen LogP contribution in [0.5, 0.6) is 5.75 Å². The summed E-state index contributed by atoms with van der Waals surface area (Å²) in [5.74, 6) is 6.11. The first kappa shape index (κ1) is 27.5. The number of carboxylic acids is 1. The van der Waals surface area contributed by atoms with E-state index in [0.717, 1.165) is 39.8 Å². The van der Waals surface area contributed by atoms with Gasteiger partial charge in [0.15, 0.2) is 0 Å². The molecule has 1 aliphatic rings. The highest BCUT2D eigenvalue weighted by molar-refractivity contribution is 7.87. The first-order chi connectivity index (χ1) is 18.3. The van der Waals surface area contributed by atoms with E-state index < -0.39 is 22.2 Å². The van der Waals surface area contributed by atoms with E-state index in [4.69, 9.17) is 4.74 Å². The van der Waals surface area contributed by atoms with Crippen molar-refractivity contribution in [2.24, 2.45) is 0 Å². The van der Waals surface area contributed by atoms with Crippen LogP contribution >= 0.6 is 0 Å². The Morgan fingerprint density at radius 2 is 1.61 bits per heavy atom. The number of piperazine rings is 1. The molecule has 1 saturated heterocycles. The van der Waals surface area contributed by atoms with E-state index in [1.165, 1.54) is 4.31 Å². The topological polar surface area (TPSA) is 99.2 Å². The van der Waals surface area contributed by atoms with Gasteiger partial charge in [0.05, 0.1) is 7.11 Å². The lowest BCUT2D eigenvalue weighted by molar-refractivity contribution is -0.139. The Balaban J connectivity index is 1.35. The number of hydrogen-bond acceptors (Lipinski definition) is 5. The van der Waals surface area contributed by atoms with Crippen molar-refractivity contribution in [1.82, 2.24) is 9.03 Å². The molecule has 1 fully saturated rings. The molecular formula is C29H33N3O5S. The highest BCUT2D eigenvalue weighted by atomic mass is 32.2. The molecule has 9 heteroatoms. The van der Waals surface area contributed by atoms with Crippen LogP contribution in [0.15, 0.2) is 60.7 Å². The number of aliphatic carboxylic acids is 1. The van der Waals surface area contributed by atoms with Crippen molar-refractivity contribution < 1.29 is 23.1 Å². The van der Waals surface area contributed by atoms with Gasteiger partial charge in [0.1, 0.15) is 11.8 Å². The fraction of sp³-hybridized carbons (Fsp3) is 0.345. The Bertz CT molecular complexity index is 1440. The lowest BCUT2D eigenvalue weighted by atomic mass is 10.1. The predicted octanol–water partition coefficient (Wildman–Crippen LogP) is 3.85. The minimum atomic E-state index is -3.87. The summed E-state index contributed by atoms with van der Waals surface area (Å²) in [4.78, 5) is 13.6. The number of unbranched alkanes of at least 4 members (excludes halogenated alkanes) is 1. The van der Waals surface area contributed by atoms with Gasteiger partial charge in [-0.05, 0) is 65.7 Å². The number of carboxylic acid groups (broad SMARTS) is 1. The summed E-state index contributed by atoms with van der Waals surface area (Å²) in [6.45, 7) is 3.53. The molecule has 0 aliphatic carbocycles. The number of fused-ring (bicyclic) bond motifs is 1. The van der Waals surface area contributed by atoms with E-state index in [2.05, 4.69) is 27.5 Å². The van der Waals surface area contributed by atoms with E-state index in [9.17, 15) is 18.3 Å². The molecule has 3 aromatic carbocycles. The predicted molar refractivity (Wildman–Crippen MR) is 150 cm³/mol. The molecule has 1 aliphatic heterocycles. The highest BCUT2D eigenvalue weighted by Crippen LogP contribution is 2.22. The molecule has 0 aromatic heterocycles. The number of nitrogens with zero attached hydrogens (tertiary/aromatic N) is 2. The van der Waals surface area contributed by atoms with Gasteiger partial charge in [-0.25, -0.2) is 0 Å². The molecule has 0 radical (unpaired) electrons. The van der Waals surface area contributed by atoms with Crippen LogP contribution < -0.4 is 14.4 Å². The fourth-order valence-corrected chi connectivity index (χ4v) is 5.78. The number of benzene rings is 3. The maximum atomic E-state index is 12.8. The van der Waals surface area contributed by atoms with Crippen molar-refractivity contribution in [2.75, 3.05) is 38.2 Å². The number of rotatable bonds is 9. The summed E-state index contributed by atoms with van der Waals surface area (Å²) in [5.41, 5.74) is 2.81. The van der Waals surface area contributed by atoms with E-state index in [0.29, 0.717) is 19.5 Å². The van der Waals surface area contributed by atoms with Gasteiger partial charge in [-0.3, -0.25) is 4.79 Å². The smallest absolute Gasteiger partial charge is 0.321 e. The molecule has 3 aromatic rings. The van der Waals surface area contributed by atoms with E-state index in [1.807, 2.05) is 61.5 Å². The SMILES string of the molecule is CCCCC(NS(=O)(=O)N1CCN(c2ccc(C#Cc3ccc4cc(OC)ccc4c3)cc2)CC1)C(=O)O. The number of anilines is 1. The molecule has 1 atom stereocenters. The number of ether oxygens (including phenoxy) is 1. The van der Waals surface area contributed by atoms with Gasteiger partial charge in [0, 0.05) is 43.0 Å². The largest absolute Gasteiger partial charge is 0.497 e. The number of methoxy groups -OCH3 is 1. The molecule has 1 unspecified atom stereocenters. The summed E-state index contributed by atoms with van der Waals surface area (Å²) in [6, 6.07) is 18.8. The van der Waals surface area contributed by atoms with Crippen LogP contribution in [0.2, 0.25) is 0 Å². The monoisotopic (exact) mass is 535 g/mol. The van der Waals surface area contributed by atoms with Gasteiger partial charge in [0.2, 0.25) is 0 Å². The van der Waals surface area contributed by atoms with Crippen molar-refractivity contribution in [3.63, 3.8) is 0 Å². The van der Waals surface area contributed by atoms with Crippen LogP contribution in [0.1, 0.15) is 37.3 Å². The molecule has 0 amide bonds. The van der Waals surface area contributed by atoms with Gasteiger partial charge >= 0.3 is 5.97 Å². The molecule has 4 rings (SSSR count). The maximum absolute atomic E-state index is 12.8. The van der Waals surface area contributed by atoms with Gasteiger partial charge < -0.3 is 14.7 Å². The molecule has 2 N–H and O–H groups in total. The Morgan fingerprint density at radius 1 is 0.974 bits per heavy atom. The van der Waals surface area contributed by atoms with E-state index in [-0.39, 0.29) is 19.5 Å². The van der Waals surface area contributed by atoms with Crippen LogP contribution in [-0.4, -0.2) is 63.1 Å². The fourth-order valence-electron chi connectivity index (χ4n) is 4.41. The lowest BCUT2D eigenvalue weighted by Crippen LogP contribution is -2.54. The summed E-state index contributed by atoms with van der Waals surface area (Å²) in [5, 5.41) is 11.6. The van der Waals surface area contributed by atoms with Gasteiger partial charge in [0.25, 0.3) is 10.2 Å². The lowest BCUT2D eigenvalue weighted by Gasteiger charge is -2.35. The van der Waals surface area contributed by atoms with Crippen molar-refractivity contribution in [2.45, 2.75) is 32.2 Å². The average molecular weight is 536 g/mol. The van der Waals surface area contributed by atoms with Crippen molar-refractivity contribution in [1.29, 1.82) is 0 Å². The molecule has 0 bridgehead atoms. The van der Waals surface area contributed by atoms with Gasteiger partial charge in [-0.1, -0.05) is 43.7 Å². The Morgan fingerprint density at radius 3 is 2.26 bits per heavy atom. The number of hydrogen-bond donors (Lipinski definition) is 2. The third-order valence-corrected chi connectivity index (χ3v) is 8.27. The second kappa shape index (κ2) is 12.3. The standard InChI is InChI=1S/C29H33N3O5S/c1-3-4-5-28(29(33)34)30-38(35,36)32-18-16-31(17-19-32)26-13-9-22(10-14-26)6-7-23-8-11-25-21-27(37-2)15-12-24(25)20-23/h8-15,20-21,28,30H,3-5,16-19H2,1-2H3,(H,33,34). The Labute approximate surface area is 224 Å². The Hall–Kier alpha value is -3.58. The molecule has 200 valence electrons. The average Bonchev–Trinajstić information content (AvgIpc) is 2.94. The van der Waals surface area contributed by atoms with Crippen LogP contribution in [0.4, 0.5) is 5.69 Å². The second-order valence-electron chi connectivity index (χ2n) is 9.27. The first-order valence-electron chi connectivity index (χ1n) is 12.7. The van der Waals surface area contributed by atoms with Crippen molar-refractivity contribution >= 4 is 32.6 Å². The normalized spacial score (nSPS) is 15.1. The van der Waals surface area contributed by atoms with Crippen LogP contribution in [0.3, 0.4) is 0 Å². The molecular weight excluding hydrogens is 502 g/mol.